The third-order valence-electron chi connectivity index (χ3n) is 3.03. The van der Waals surface area contributed by atoms with Crippen molar-refractivity contribution in [1.82, 2.24) is 0 Å². The number of anilines is 2. The van der Waals surface area contributed by atoms with Crippen molar-refractivity contribution >= 4 is 17.3 Å². The van der Waals surface area contributed by atoms with Crippen molar-refractivity contribution in [2.75, 3.05) is 11.1 Å². The van der Waals surface area contributed by atoms with E-state index in [-0.39, 0.29) is 5.56 Å². The normalized spacial score (nSPS) is 23.6. The minimum Gasteiger partial charge on any atom is -0.478 e. The first-order chi connectivity index (χ1) is 7.56. The summed E-state index contributed by atoms with van der Waals surface area (Å²) in [5, 5.41) is 12.2. The van der Waals surface area contributed by atoms with Crippen LogP contribution in [0.15, 0.2) is 18.2 Å². The standard InChI is InChI=1S/C12H16N2O2/c1-7-4-9(5-7)14-11-6-8(12(15)16)2-3-10(11)13/h2-3,6-7,9,14H,4-5,13H2,1H3,(H,15,16). The van der Waals surface area contributed by atoms with Gasteiger partial charge in [-0.2, -0.15) is 0 Å². The summed E-state index contributed by atoms with van der Waals surface area (Å²) in [4.78, 5) is 10.8. The molecule has 0 bridgehead atoms. The first-order valence-corrected chi connectivity index (χ1v) is 5.45. The van der Waals surface area contributed by atoms with Gasteiger partial charge in [0, 0.05) is 6.04 Å². The van der Waals surface area contributed by atoms with Crippen LogP contribution < -0.4 is 11.1 Å². The first-order valence-electron chi connectivity index (χ1n) is 5.45. The molecule has 2 rings (SSSR count). The van der Waals surface area contributed by atoms with Gasteiger partial charge in [-0.1, -0.05) is 6.92 Å². The summed E-state index contributed by atoms with van der Waals surface area (Å²) in [7, 11) is 0. The Kier molecular flexibility index (Phi) is 2.73. The average Bonchev–Trinajstić information content (AvgIpc) is 2.18. The fraction of sp³-hybridized carbons (Fsp3) is 0.417. The molecule has 1 aromatic carbocycles. The van der Waals surface area contributed by atoms with Crippen molar-refractivity contribution in [3.8, 4) is 0 Å². The summed E-state index contributed by atoms with van der Waals surface area (Å²) in [5.41, 5.74) is 7.40. The van der Waals surface area contributed by atoms with E-state index in [0.717, 1.165) is 24.4 Å². The maximum absolute atomic E-state index is 10.8. The number of nitrogen functional groups attached to an aromatic ring is 1. The monoisotopic (exact) mass is 220 g/mol. The van der Waals surface area contributed by atoms with Crippen molar-refractivity contribution < 1.29 is 9.90 Å². The fourth-order valence-electron chi connectivity index (χ4n) is 2.05. The van der Waals surface area contributed by atoms with Gasteiger partial charge in [0.25, 0.3) is 0 Å². The van der Waals surface area contributed by atoms with Crippen LogP contribution >= 0.6 is 0 Å². The van der Waals surface area contributed by atoms with Crippen LogP contribution in [0.2, 0.25) is 0 Å². The molecule has 0 unspecified atom stereocenters. The van der Waals surface area contributed by atoms with Crippen LogP contribution in [0.3, 0.4) is 0 Å². The number of nitrogens with one attached hydrogen (secondary N) is 1. The molecule has 0 amide bonds. The lowest BCUT2D eigenvalue weighted by Crippen LogP contribution is -2.34. The zero-order valence-corrected chi connectivity index (χ0v) is 9.23. The Bertz CT molecular complexity index is 411. The van der Waals surface area contributed by atoms with Gasteiger partial charge in [-0.3, -0.25) is 0 Å². The number of aromatic carboxylic acids is 1. The van der Waals surface area contributed by atoms with E-state index in [4.69, 9.17) is 10.8 Å². The molecular formula is C12H16N2O2. The molecule has 0 saturated heterocycles. The van der Waals surface area contributed by atoms with Gasteiger partial charge in [0.1, 0.15) is 0 Å². The minimum absolute atomic E-state index is 0.268. The molecule has 0 spiro atoms. The molecule has 0 radical (unpaired) electrons. The smallest absolute Gasteiger partial charge is 0.335 e. The van der Waals surface area contributed by atoms with Crippen molar-refractivity contribution in [1.29, 1.82) is 0 Å². The van der Waals surface area contributed by atoms with Crippen molar-refractivity contribution in [2.24, 2.45) is 5.92 Å². The van der Waals surface area contributed by atoms with Gasteiger partial charge < -0.3 is 16.2 Å². The number of hydrogen-bond donors (Lipinski definition) is 3. The molecule has 1 aliphatic rings. The van der Waals surface area contributed by atoms with Crippen molar-refractivity contribution in [3.05, 3.63) is 23.8 Å². The number of carboxylic acids is 1. The Labute approximate surface area is 94.5 Å². The van der Waals surface area contributed by atoms with Gasteiger partial charge in [0.05, 0.1) is 16.9 Å². The summed E-state index contributed by atoms with van der Waals surface area (Å²) < 4.78 is 0. The summed E-state index contributed by atoms with van der Waals surface area (Å²) in [6, 6.07) is 5.18. The Morgan fingerprint density at radius 1 is 1.50 bits per heavy atom. The molecule has 86 valence electrons. The SMILES string of the molecule is CC1CC(Nc2cc(C(=O)O)ccc2N)C1. The van der Waals surface area contributed by atoms with Gasteiger partial charge in [0.2, 0.25) is 0 Å². The molecule has 0 heterocycles. The van der Waals surface area contributed by atoms with E-state index >= 15 is 0 Å². The molecule has 0 aliphatic heterocycles. The number of nitrogens with two attached hydrogens (primary N) is 1. The van der Waals surface area contributed by atoms with Crippen molar-refractivity contribution in [2.45, 2.75) is 25.8 Å². The van der Waals surface area contributed by atoms with Crippen LogP contribution in [-0.2, 0) is 0 Å². The number of carboxylic acid groups (broad SMARTS) is 1. The Hall–Kier alpha value is -1.71. The van der Waals surface area contributed by atoms with Crippen LogP contribution in [0.25, 0.3) is 0 Å². The average molecular weight is 220 g/mol. The van der Waals surface area contributed by atoms with E-state index in [1.54, 1.807) is 12.1 Å². The third kappa shape index (κ3) is 2.10. The minimum atomic E-state index is -0.926. The topological polar surface area (TPSA) is 75.3 Å². The highest BCUT2D eigenvalue weighted by atomic mass is 16.4. The molecule has 4 nitrogen and oxygen atoms in total. The Balaban J connectivity index is 2.12. The highest BCUT2D eigenvalue weighted by Crippen LogP contribution is 2.31. The van der Waals surface area contributed by atoms with Crippen molar-refractivity contribution in [3.63, 3.8) is 0 Å². The molecule has 16 heavy (non-hydrogen) atoms. The van der Waals surface area contributed by atoms with E-state index in [9.17, 15) is 4.79 Å². The van der Waals surface area contributed by atoms with Crippen LogP contribution in [0.4, 0.5) is 11.4 Å². The zero-order valence-electron chi connectivity index (χ0n) is 9.23. The predicted molar refractivity (Wildman–Crippen MR) is 63.6 cm³/mol. The summed E-state index contributed by atoms with van der Waals surface area (Å²) in [6.07, 6.45) is 2.24. The lowest BCUT2D eigenvalue weighted by Gasteiger charge is -2.34. The molecule has 4 heteroatoms. The second kappa shape index (κ2) is 4.04. The van der Waals surface area contributed by atoms with Gasteiger partial charge in [-0.05, 0) is 37.0 Å². The molecule has 1 saturated carbocycles. The zero-order chi connectivity index (χ0) is 11.7. The first kappa shape index (κ1) is 10.8. The molecule has 1 aromatic rings. The second-order valence-electron chi connectivity index (χ2n) is 4.53. The quantitative estimate of drug-likeness (QED) is 0.682. The van der Waals surface area contributed by atoms with Crippen LogP contribution in [-0.4, -0.2) is 17.1 Å². The number of benzene rings is 1. The number of hydrogen-bond acceptors (Lipinski definition) is 3. The highest BCUT2D eigenvalue weighted by Gasteiger charge is 2.25. The largest absolute Gasteiger partial charge is 0.478 e. The summed E-state index contributed by atoms with van der Waals surface area (Å²) >= 11 is 0. The predicted octanol–water partition coefficient (Wildman–Crippen LogP) is 2.18. The third-order valence-corrected chi connectivity index (χ3v) is 3.03. The van der Waals surface area contributed by atoms with Crippen LogP contribution in [0.5, 0.6) is 0 Å². The fourth-order valence-corrected chi connectivity index (χ4v) is 2.05. The number of rotatable bonds is 3. The maximum atomic E-state index is 10.8. The molecule has 4 N–H and O–H groups in total. The second-order valence-corrected chi connectivity index (χ2v) is 4.53. The van der Waals surface area contributed by atoms with E-state index < -0.39 is 5.97 Å². The highest BCUT2D eigenvalue weighted by molar-refractivity contribution is 5.90. The summed E-state index contributed by atoms with van der Waals surface area (Å²) in [5.74, 6) is -0.175. The number of carbonyl (C=O) groups is 1. The van der Waals surface area contributed by atoms with E-state index in [1.165, 1.54) is 6.07 Å². The van der Waals surface area contributed by atoms with Crippen LogP contribution in [0.1, 0.15) is 30.1 Å². The lowest BCUT2D eigenvalue weighted by molar-refractivity contribution is 0.0697. The summed E-state index contributed by atoms with van der Waals surface area (Å²) in [6.45, 7) is 2.20. The van der Waals surface area contributed by atoms with E-state index in [0.29, 0.717) is 11.7 Å². The molecular weight excluding hydrogens is 204 g/mol. The molecule has 0 atom stereocenters. The lowest BCUT2D eigenvalue weighted by atomic mass is 9.82. The van der Waals surface area contributed by atoms with Gasteiger partial charge in [-0.25, -0.2) is 4.79 Å². The Morgan fingerprint density at radius 3 is 2.75 bits per heavy atom. The molecule has 0 aromatic heterocycles. The van der Waals surface area contributed by atoms with E-state index in [2.05, 4.69) is 12.2 Å². The maximum Gasteiger partial charge on any atom is 0.335 e. The molecule has 1 aliphatic carbocycles. The van der Waals surface area contributed by atoms with Gasteiger partial charge >= 0.3 is 5.97 Å². The van der Waals surface area contributed by atoms with E-state index in [1.807, 2.05) is 0 Å². The van der Waals surface area contributed by atoms with Gasteiger partial charge in [-0.15, -0.1) is 0 Å². The van der Waals surface area contributed by atoms with Crippen LogP contribution in [0, 0.1) is 5.92 Å². The molecule has 1 fully saturated rings. The Morgan fingerprint density at radius 2 is 2.19 bits per heavy atom. The van der Waals surface area contributed by atoms with Gasteiger partial charge in [0.15, 0.2) is 0 Å².